The molecule has 2 atom stereocenters. The van der Waals surface area contributed by atoms with Gasteiger partial charge in [-0.05, 0) is 48.6 Å². The second kappa shape index (κ2) is 9.77. The van der Waals surface area contributed by atoms with Crippen molar-refractivity contribution in [2.45, 2.75) is 18.6 Å². The maximum absolute atomic E-state index is 5.83. The van der Waals surface area contributed by atoms with E-state index < -0.39 is 0 Å². The van der Waals surface area contributed by atoms with E-state index in [2.05, 4.69) is 60.1 Å². The van der Waals surface area contributed by atoms with E-state index in [1.54, 1.807) is 0 Å². The summed E-state index contributed by atoms with van der Waals surface area (Å²) in [4.78, 5) is 14.0. The molecular weight excluding hydrogens is 420 g/mol. The number of morpholine rings is 1. The third kappa shape index (κ3) is 4.53. The molecule has 2 unspecified atom stereocenters. The highest BCUT2D eigenvalue weighted by Gasteiger charge is 2.41. The lowest BCUT2D eigenvalue weighted by molar-refractivity contribution is 0.0349. The van der Waals surface area contributed by atoms with E-state index in [0.29, 0.717) is 0 Å². The molecule has 3 aromatic rings. The molecule has 0 radical (unpaired) electrons. The highest BCUT2D eigenvalue weighted by atomic mass is 32.1. The van der Waals surface area contributed by atoms with Gasteiger partial charge in [0, 0.05) is 50.5 Å². The Bertz CT molecular complexity index is 1020. The minimum Gasteiger partial charge on any atom is -0.379 e. The average Bonchev–Trinajstić information content (AvgIpc) is 3.43. The number of thiocarbonyl (C=S) groups is 1. The maximum Gasteiger partial charge on any atom is 0.170 e. The highest BCUT2D eigenvalue weighted by Crippen LogP contribution is 2.38. The Morgan fingerprint density at radius 3 is 2.53 bits per heavy atom. The van der Waals surface area contributed by atoms with Crippen LogP contribution in [0.4, 0.5) is 0 Å². The largest absolute Gasteiger partial charge is 0.379 e. The lowest BCUT2D eigenvalue weighted by atomic mass is 10.0. The SMILES string of the molecule is S=C1NC(c2ccccn2)C(c2cccn2Cc2ccccn2)N1CCN1CCOCC1. The first-order valence-corrected chi connectivity index (χ1v) is 11.5. The minimum atomic E-state index is -0.00854. The molecule has 0 saturated carbocycles. The smallest absolute Gasteiger partial charge is 0.170 e. The van der Waals surface area contributed by atoms with E-state index in [-0.39, 0.29) is 12.1 Å². The van der Waals surface area contributed by atoms with Gasteiger partial charge in [-0.2, -0.15) is 0 Å². The maximum atomic E-state index is 5.83. The molecule has 8 heteroatoms. The molecule has 7 nitrogen and oxygen atoms in total. The summed E-state index contributed by atoms with van der Waals surface area (Å²) in [6.45, 7) is 6.08. The van der Waals surface area contributed by atoms with Crippen LogP contribution in [0.15, 0.2) is 67.1 Å². The second-order valence-corrected chi connectivity index (χ2v) is 8.54. The van der Waals surface area contributed by atoms with Crippen LogP contribution in [0.2, 0.25) is 0 Å². The molecule has 5 heterocycles. The van der Waals surface area contributed by atoms with Crippen LogP contribution in [-0.4, -0.2) is 68.8 Å². The fraction of sp³-hybridized carbons (Fsp3) is 0.375. The van der Waals surface area contributed by atoms with Gasteiger partial charge in [0.2, 0.25) is 0 Å². The third-order valence-electron chi connectivity index (χ3n) is 6.18. The van der Waals surface area contributed by atoms with Crippen molar-refractivity contribution in [1.29, 1.82) is 0 Å². The fourth-order valence-corrected chi connectivity index (χ4v) is 4.88. The molecule has 0 bridgehead atoms. The zero-order chi connectivity index (χ0) is 21.8. The van der Waals surface area contributed by atoms with Gasteiger partial charge in [-0.25, -0.2) is 0 Å². The van der Waals surface area contributed by atoms with Crippen molar-refractivity contribution in [2.24, 2.45) is 0 Å². The molecule has 0 aliphatic carbocycles. The van der Waals surface area contributed by atoms with E-state index >= 15 is 0 Å². The monoisotopic (exact) mass is 448 g/mol. The Kier molecular flexibility index (Phi) is 6.43. The van der Waals surface area contributed by atoms with Crippen LogP contribution in [0.25, 0.3) is 0 Å². The van der Waals surface area contributed by atoms with Gasteiger partial charge < -0.3 is 19.5 Å². The molecule has 2 aliphatic heterocycles. The summed E-state index contributed by atoms with van der Waals surface area (Å²) in [5.74, 6) is 0. The lowest BCUT2D eigenvalue weighted by Crippen LogP contribution is -2.42. The zero-order valence-corrected chi connectivity index (χ0v) is 18.8. The molecule has 0 spiro atoms. The van der Waals surface area contributed by atoms with Gasteiger partial charge in [-0.15, -0.1) is 0 Å². The van der Waals surface area contributed by atoms with Crippen LogP contribution < -0.4 is 5.32 Å². The van der Waals surface area contributed by atoms with Crippen LogP contribution >= 0.6 is 12.2 Å². The third-order valence-corrected chi connectivity index (χ3v) is 6.54. The van der Waals surface area contributed by atoms with E-state index in [1.165, 1.54) is 5.69 Å². The normalized spacial score (nSPS) is 21.6. The van der Waals surface area contributed by atoms with E-state index in [4.69, 9.17) is 17.0 Å². The quantitative estimate of drug-likeness (QED) is 0.558. The topological polar surface area (TPSA) is 58.5 Å². The van der Waals surface area contributed by atoms with Crippen molar-refractivity contribution in [3.63, 3.8) is 0 Å². The summed E-state index contributed by atoms with van der Waals surface area (Å²) in [5.41, 5.74) is 3.24. The molecule has 2 aliphatic rings. The molecular formula is C24H28N6OS. The van der Waals surface area contributed by atoms with Crippen molar-refractivity contribution in [2.75, 3.05) is 39.4 Å². The Morgan fingerprint density at radius 2 is 1.78 bits per heavy atom. The number of ether oxygens (including phenoxy) is 1. The highest BCUT2D eigenvalue weighted by molar-refractivity contribution is 7.80. The number of aromatic nitrogens is 3. The zero-order valence-electron chi connectivity index (χ0n) is 18.0. The fourth-order valence-electron chi connectivity index (χ4n) is 4.55. The van der Waals surface area contributed by atoms with Gasteiger partial charge in [-0.1, -0.05) is 12.1 Å². The van der Waals surface area contributed by atoms with Crippen molar-refractivity contribution < 1.29 is 4.74 Å². The molecule has 2 saturated heterocycles. The first-order valence-electron chi connectivity index (χ1n) is 11.1. The molecule has 166 valence electrons. The molecule has 1 N–H and O–H groups in total. The molecule has 0 aromatic carbocycles. The van der Waals surface area contributed by atoms with Gasteiger partial charge in [-0.3, -0.25) is 14.9 Å². The summed E-state index contributed by atoms with van der Waals surface area (Å²) in [6, 6.07) is 16.4. The number of nitrogens with one attached hydrogen (secondary N) is 1. The molecule has 32 heavy (non-hydrogen) atoms. The molecule has 5 rings (SSSR count). The summed E-state index contributed by atoms with van der Waals surface area (Å²) >= 11 is 5.83. The number of rotatable bonds is 7. The summed E-state index contributed by atoms with van der Waals surface area (Å²) in [6.07, 6.45) is 5.82. The summed E-state index contributed by atoms with van der Waals surface area (Å²) in [7, 11) is 0. The van der Waals surface area contributed by atoms with Gasteiger partial charge in [0.15, 0.2) is 5.11 Å². The number of pyridine rings is 2. The predicted octanol–water partition coefficient (Wildman–Crippen LogP) is 2.63. The van der Waals surface area contributed by atoms with E-state index in [0.717, 1.165) is 62.4 Å². The van der Waals surface area contributed by atoms with Crippen LogP contribution in [-0.2, 0) is 11.3 Å². The Labute approximate surface area is 194 Å². The number of nitrogens with zero attached hydrogens (tertiary/aromatic N) is 5. The van der Waals surface area contributed by atoms with Gasteiger partial charge in [0.05, 0.1) is 43.2 Å². The van der Waals surface area contributed by atoms with Gasteiger partial charge in [0.25, 0.3) is 0 Å². The first-order chi connectivity index (χ1) is 15.8. The molecule has 0 amide bonds. The standard InChI is InChI=1S/C24H28N6OS/c32-24-27-22(20-7-2-4-10-26-20)23(30(24)13-12-28-14-16-31-17-15-28)21-8-5-11-29(21)18-19-6-1-3-9-25-19/h1-11,22-23H,12-18H2,(H,27,32). The molecule has 2 fully saturated rings. The van der Waals surface area contributed by atoms with Crippen LogP contribution in [0.5, 0.6) is 0 Å². The average molecular weight is 449 g/mol. The predicted molar refractivity (Wildman–Crippen MR) is 127 cm³/mol. The van der Waals surface area contributed by atoms with Crippen molar-refractivity contribution in [3.05, 3.63) is 84.2 Å². The van der Waals surface area contributed by atoms with Crippen molar-refractivity contribution >= 4 is 17.3 Å². The summed E-state index contributed by atoms with van der Waals surface area (Å²) < 4.78 is 7.79. The Morgan fingerprint density at radius 1 is 0.969 bits per heavy atom. The minimum absolute atomic E-state index is 0.00854. The number of hydrogen-bond acceptors (Lipinski definition) is 5. The van der Waals surface area contributed by atoms with Gasteiger partial charge >= 0.3 is 0 Å². The van der Waals surface area contributed by atoms with Crippen molar-refractivity contribution in [1.82, 2.24) is 29.7 Å². The van der Waals surface area contributed by atoms with Crippen LogP contribution in [0, 0.1) is 0 Å². The van der Waals surface area contributed by atoms with Crippen molar-refractivity contribution in [3.8, 4) is 0 Å². The van der Waals surface area contributed by atoms with E-state index in [1.807, 2.05) is 36.7 Å². The van der Waals surface area contributed by atoms with E-state index in [9.17, 15) is 0 Å². The summed E-state index contributed by atoms with van der Waals surface area (Å²) in [5, 5.41) is 4.34. The van der Waals surface area contributed by atoms with Crippen LogP contribution in [0.3, 0.4) is 0 Å². The Hall–Kier alpha value is -2.81. The first kappa shape index (κ1) is 21.1. The number of hydrogen-bond donors (Lipinski definition) is 1. The lowest BCUT2D eigenvalue weighted by Gasteiger charge is -2.32. The Balaban J connectivity index is 1.44. The molecule has 3 aromatic heterocycles. The van der Waals surface area contributed by atoms with Gasteiger partial charge in [0.1, 0.15) is 0 Å². The van der Waals surface area contributed by atoms with Crippen LogP contribution in [0.1, 0.15) is 29.2 Å². The second-order valence-electron chi connectivity index (χ2n) is 8.16.